The van der Waals surface area contributed by atoms with Gasteiger partial charge in [0.05, 0.1) is 0 Å². The summed E-state index contributed by atoms with van der Waals surface area (Å²) in [5.74, 6) is 0.679. The van der Waals surface area contributed by atoms with Gasteiger partial charge in [-0.2, -0.15) is 0 Å². The molecular weight excluding hydrogens is 251 g/mol. The molecule has 3 heteroatoms. The molecule has 74 valence electrons. The fourth-order valence-electron chi connectivity index (χ4n) is 1.44. The van der Waals surface area contributed by atoms with Crippen molar-refractivity contribution < 1.29 is 7.47 Å². The molecule has 0 aliphatic rings. The second-order valence-corrected chi connectivity index (χ2v) is 3.72. The van der Waals surface area contributed by atoms with Crippen LogP contribution in [0.2, 0.25) is 0 Å². The Morgan fingerprint density at radius 2 is 1.53 bits per heavy atom. The van der Waals surface area contributed by atoms with Gasteiger partial charge in [0.15, 0.2) is 0 Å². The van der Waals surface area contributed by atoms with Gasteiger partial charge >= 0.3 is 95.0 Å². The third-order valence-corrected chi connectivity index (χ3v) is 2.68. The number of hydrogen-bond acceptors (Lipinski definition) is 2. The Hall–Kier alpha value is -1.40. The molecule has 0 aliphatic carbocycles. The zero-order valence-corrected chi connectivity index (χ0v) is 9.84. The van der Waals surface area contributed by atoms with E-state index in [1.807, 2.05) is 54.6 Å². The Morgan fingerprint density at radius 1 is 0.867 bits per heavy atom. The normalized spacial score (nSPS) is 10.1. The Balaban J connectivity index is 2.48. The Labute approximate surface area is 95.2 Å². The molecule has 15 heavy (non-hydrogen) atoms. The number of rotatable bonds is 3. The minimum absolute atomic E-state index is 0.679. The van der Waals surface area contributed by atoms with Crippen LogP contribution < -0.4 is 3.73 Å². The summed E-state index contributed by atoms with van der Waals surface area (Å²) in [6, 6.07) is 17.5. The van der Waals surface area contributed by atoms with Crippen molar-refractivity contribution in [1.82, 2.24) is 0 Å². The maximum atomic E-state index is 10.6. The summed E-state index contributed by atoms with van der Waals surface area (Å²) < 4.78 is 15.7. The van der Waals surface area contributed by atoms with Crippen LogP contribution in [0.4, 0.5) is 0 Å². The van der Waals surface area contributed by atoms with Gasteiger partial charge in [-0.3, -0.25) is 0 Å². The van der Waals surface area contributed by atoms with Crippen LogP contribution in [-0.4, -0.2) is 16.0 Å². The quantitative estimate of drug-likeness (QED) is 0.793. The number of benzene rings is 2. The van der Waals surface area contributed by atoms with Gasteiger partial charge in [0.2, 0.25) is 0 Å². The van der Waals surface area contributed by atoms with E-state index in [-0.39, 0.29) is 0 Å². The average Bonchev–Trinajstić information content (AvgIpc) is 2.31. The molecule has 0 unspecified atom stereocenters. The van der Waals surface area contributed by atoms with Crippen molar-refractivity contribution in [3.8, 4) is 16.9 Å². The molecule has 2 nitrogen and oxygen atoms in total. The number of para-hydroxylation sites is 1. The summed E-state index contributed by atoms with van der Waals surface area (Å²) in [4.78, 5) is 0. The van der Waals surface area contributed by atoms with E-state index in [1.165, 1.54) is 0 Å². The molecule has 0 spiro atoms. The van der Waals surface area contributed by atoms with E-state index in [2.05, 4.69) is 0 Å². The first-order chi connectivity index (χ1) is 7.42. The molecule has 0 aliphatic heterocycles. The topological polar surface area (TPSA) is 26.3 Å². The second kappa shape index (κ2) is 4.90. The summed E-state index contributed by atoms with van der Waals surface area (Å²) >= 11 is -1.30. The first-order valence-electron chi connectivity index (χ1n) is 4.56. The summed E-state index contributed by atoms with van der Waals surface area (Å²) in [5, 5.41) is 0. The van der Waals surface area contributed by atoms with Gasteiger partial charge in [0.25, 0.3) is 0 Å². The Bertz CT molecular complexity index is 454. The molecule has 0 saturated heterocycles. The van der Waals surface area contributed by atoms with Gasteiger partial charge in [-0.25, -0.2) is 0 Å². The first-order valence-corrected chi connectivity index (χ1v) is 6.09. The van der Waals surface area contributed by atoms with Crippen LogP contribution in [0.25, 0.3) is 11.1 Å². The predicted octanol–water partition coefficient (Wildman–Crippen LogP) is 2.70. The van der Waals surface area contributed by atoms with Gasteiger partial charge in [-0.15, -0.1) is 0 Å². The van der Waals surface area contributed by atoms with Crippen LogP contribution in [-0.2, 0) is 3.74 Å². The molecule has 2 rings (SSSR count). The molecule has 0 N–H and O–H groups in total. The summed E-state index contributed by atoms with van der Waals surface area (Å²) in [6.45, 7) is 0. The van der Waals surface area contributed by atoms with E-state index < -0.39 is 16.0 Å². The molecule has 2 aromatic carbocycles. The molecule has 0 radical (unpaired) electrons. The molecular formula is C12H9AsO2. The zero-order chi connectivity index (χ0) is 10.5. The molecule has 0 fully saturated rings. The first kappa shape index (κ1) is 10.1. The predicted molar refractivity (Wildman–Crippen MR) is 58.9 cm³/mol. The van der Waals surface area contributed by atoms with E-state index in [0.29, 0.717) is 5.75 Å². The third-order valence-electron chi connectivity index (χ3n) is 2.11. The van der Waals surface area contributed by atoms with Crippen LogP contribution in [0.5, 0.6) is 5.75 Å². The van der Waals surface area contributed by atoms with Crippen LogP contribution in [0, 0.1) is 0 Å². The summed E-state index contributed by atoms with van der Waals surface area (Å²) in [7, 11) is 0. The third kappa shape index (κ3) is 2.34. The van der Waals surface area contributed by atoms with Crippen molar-refractivity contribution in [3.05, 3.63) is 54.6 Å². The van der Waals surface area contributed by atoms with Crippen molar-refractivity contribution in [3.63, 3.8) is 0 Å². The van der Waals surface area contributed by atoms with Gasteiger partial charge < -0.3 is 0 Å². The van der Waals surface area contributed by atoms with Crippen molar-refractivity contribution in [2.45, 2.75) is 0 Å². The SMILES string of the molecule is O=[As]Oc1ccccc1-c1ccccc1. The zero-order valence-electron chi connectivity index (χ0n) is 7.96. The second-order valence-electron chi connectivity index (χ2n) is 3.03. The molecule has 2 aromatic rings. The summed E-state index contributed by atoms with van der Waals surface area (Å²) in [5.41, 5.74) is 2.05. The van der Waals surface area contributed by atoms with Gasteiger partial charge in [0.1, 0.15) is 0 Å². The van der Waals surface area contributed by atoms with Crippen molar-refractivity contribution in [2.75, 3.05) is 0 Å². The monoisotopic (exact) mass is 260 g/mol. The van der Waals surface area contributed by atoms with Crippen LogP contribution in [0.1, 0.15) is 0 Å². The van der Waals surface area contributed by atoms with Crippen molar-refractivity contribution in [1.29, 1.82) is 0 Å². The van der Waals surface area contributed by atoms with E-state index in [1.54, 1.807) is 0 Å². The fourth-order valence-corrected chi connectivity index (χ4v) is 1.95. The van der Waals surface area contributed by atoms with E-state index >= 15 is 0 Å². The molecule has 0 aromatic heterocycles. The Kier molecular flexibility index (Phi) is 3.31. The molecule has 0 heterocycles. The summed E-state index contributed by atoms with van der Waals surface area (Å²) in [6.07, 6.45) is 0. The average molecular weight is 260 g/mol. The van der Waals surface area contributed by atoms with E-state index in [9.17, 15) is 3.74 Å². The van der Waals surface area contributed by atoms with Gasteiger partial charge in [-0.05, 0) is 0 Å². The fraction of sp³-hybridized carbons (Fsp3) is 0. The maximum absolute atomic E-state index is 10.6. The van der Waals surface area contributed by atoms with Crippen molar-refractivity contribution in [2.24, 2.45) is 0 Å². The minimum atomic E-state index is -1.30. The van der Waals surface area contributed by atoms with Crippen LogP contribution >= 0.6 is 0 Å². The molecule has 0 saturated carbocycles. The number of hydrogen-bond donors (Lipinski definition) is 0. The van der Waals surface area contributed by atoms with E-state index in [0.717, 1.165) is 11.1 Å². The Morgan fingerprint density at radius 3 is 2.27 bits per heavy atom. The molecule has 0 atom stereocenters. The van der Waals surface area contributed by atoms with E-state index in [4.69, 9.17) is 3.73 Å². The molecule has 0 bridgehead atoms. The standard InChI is InChI=1S/C12H9AsO2/c14-13-15-12-9-5-4-8-11(12)10-6-2-1-3-7-10/h1-9H. The van der Waals surface area contributed by atoms with Crippen molar-refractivity contribution >= 4 is 16.0 Å². The van der Waals surface area contributed by atoms with Crippen LogP contribution in [0.3, 0.4) is 0 Å². The van der Waals surface area contributed by atoms with Gasteiger partial charge in [0, 0.05) is 0 Å². The van der Waals surface area contributed by atoms with Gasteiger partial charge in [-0.1, -0.05) is 0 Å². The molecule has 0 amide bonds. The van der Waals surface area contributed by atoms with Crippen LogP contribution in [0.15, 0.2) is 54.6 Å².